The summed E-state index contributed by atoms with van der Waals surface area (Å²) in [7, 11) is 0. The first-order valence-corrected chi connectivity index (χ1v) is 5.15. The highest BCUT2D eigenvalue weighted by Crippen LogP contribution is 2.24. The maximum atomic E-state index is 5.68. The van der Waals surface area contributed by atoms with Crippen LogP contribution in [-0.2, 0) is 4.74 Å². The number of hydrogen-bond donors (Lipinski definition) is 0. The van der Waals surface area contributed by atoms with Gasteiger partial charge in [-0.1, -0.05) is 17.7 Å². The first kappa shape index (κ1) is 9.53. The van der Waals surface area contributed by atoms with Crippen LogP contribution in [0, 0.1) is 6.92 Å². The van der Waals surface area contributed by atoms with Crippen molar-refractivity contribution in [3.05, 3.63) is 29.8 Å². The summed E-state index contributed by atoms with van der Waals surface area (Å²) in [5.41, 5.74) is 2.56. The minimum absolute atomic E-state index is 0.202. The molecule has 0 N–H and O–H groups in total. The molecule has 1 aromatic rings. The number of benzene rings is 1. The van der Waals surface area contributed by atoms with Gasteiger partial charge in [0.05, 0.1) is 6.10 Å². The lowest BCUT2D eigenvalue weighted by Crippen LogP contribution is -2.27. The lowest BCUT2D eigenvalue weighted by atomic mass is 10.2. The second-order valence-corrected chi connectivity index (χ2v) is 4.03. The van der Waals surface area contributed by atoms with E-state index in [9.17, 15) is 0 Å². The highest BCUT2D eigenvalue weighted by Gasteiger charge is 2.26. The van der Waals surface area contributed by atoms with Gasteiger partial charge in [-0.15, -0.1) is 0 Å². The van der Waals surface area contributed by atoms with Gasteiger partial charge in [0.2, 0.25) is 0 Å². The minimum atomic E-state index is 0.202. The lowest BCUT2D eigenvalue weighted by molar-refractivity contribution is 0.0706. The molecule has 2 heteroatoms. The van der Waals surface area contributed by atoms with E-state index in [1.54, 1.807) is 0 Å². The molecule has 1 aliphatic heterocycles. The average molecular weight is 191 g/mol. The molecule has 0 unspecified atom stereocenters. The third-order valence-corrected chi connectivity index (χ3v) is 2.69. The summed E-state index contributed by atoms with van der Waals surface area (Å²) in [5, 5.41) is 0. The predicted octanol–water partition coefficient (Wildman–Crippen LogP) is 2.57. The zero-order chi connectivity index (χ0) is 10.1. The highest BCUT2D eigenvalue weighted by molar-refractivity contribution is 5.48. The molecule has 0 spiro atoms. The molecule has 14 heavy (non-hydrogen) atoms. The Kier molecular flexibility index (Phi) is 2.46. The van der Waals surface area contributed by atoms with Gasteiger partial charge in [0, 0.05) is 12.2 Å². The molecule has 1 fully saturated rings. The van der Waals surface area contributed by atoms with Crippen molar-refractivity contribution in [1.82, 2.24) is 0 Å². The summed E-state index contributed by atoms with van der Waals surface area (Å²) >= 11 is 0. The van der Waals surface area contributed by atoms with Gasteiger partial charge in [-0.25, -0.2) is 0 Å². The van der Waals surface area contributed by atoms with Crippen LogP contribution < -0.4 is 4.90 Å². The van der Waals surface area contributed by atoms with Gasteiger partial charge in [0.25, 0.3) is 0 Å². The van der Waals surface area contributed by atoms with Crippen molar-refractivity contribution < 1.29 is 4.74 Å². The molecule has 0 bridgehead atoms. The van der Waals surface area contributed by atoms with E-state index in [2.05, 4.69) is 49.9 Å². The molecule has 0 amide bonds. The summed E-state index contributed by atoms with van der Waals surface area (Å²) in [5.74, 6) is 0. The zero-order valence-electron chi connectivity index (χ0n) is 9.03. The summed E-state index contributed by atoms with van der Waals surface area (Å²) in [6.07, 6.45) is 0.541. The Hall–Kier alpha value is -1.02. The number of anilines is 1. The van der Waals surface area contributed by atoms with E-state index in [4.69, 9.17) is 4.74 Å². The maximum absolute atomic E-state index is 5.68. The van der Waals surface area contributed by atoms with E-state index in [1.165, 1.54) is 11.3 Å². The second-order valence-electron chi connectivity index (χ2n) is 4.03. The van der Waals surface area contributed by atoms with Crippen molar-refractivity contribution in [2.45, 2.75) is 33.1 Å². The first-order valence-electron chi connectivity index (χ1n) is 5.15. The van der Waals surface area contributed by atoms with Crippen molar-refractivity contribution in [1.29, 1.82) is 0 Å². The Balaban J connectivity index is 2.19. The Morgan fingerprint density at radius 3 is 2.36 bits per heavy atom. The molecular formula is C12H17NO. The van der Waals surface area contributed by atoms with E-state index in [0.717, 1.165) is 6.54 Å². The largest absolute Gasteiger partial charge is 0.354 e. The van der Waals surface area contributed by atoms with Crippen LogP contribution in [0.15, 0.2) is 24.3 Å². The van der Waals surface area contributed by atoms with Gasteiger partial charge in [-0.3, -0.25) is 0 Å². The van der Waals surface area contributed by atoms with Crippen molar-refractivity contribution in [3.63, 3.8) is 0 Å². The smallest absolute Gasteiger partial charge is 0.127 e. The molecule has 2 atom stereocenters. The van der Waals surface area contributed by atoms with Crippen LogP contribution in [-0.4, -0.2) is 18.9 Å². The number of aryl methyl sites for hydroxylation is 1. The maximum Gasteiger partial charge on any atom is 0.127 e. The Morgan fingerprint density at radius 1 is 1.21 bits per heavy atom. The van der Waals surface area contributed by atoms with Crippen LogP contribution in [0.3, 0.4) is 0 Å². The summed E-state index contributed by atoms with van der Waals surface area (Å²) < 4.78 is 5.68. The van der Waals surface area contributed by atoms with Gasteiger partial charge >= 0.3 is 0 Å². The van der Waals surface area contributed by atoms with Crippen LogP contribution in [0.25, 0.3) is 0 Å². The van der Waals surface area contributed by atoms with Gasteiger partial charge < -0.3 is 9.64 Å². The van der Waals surface area contributed by atoms with Gasteiger partial charge in [-0.2, -0.15) is 0 Å². The molecule has 0 radical (unpaired) electrons. The van der Waals surface area contributed by atoms with Crippen LogP contribution in [0.5, 0.6) is 0 Å². The van der Waals surface area contributed by atoms with Crippen LogP contribution in [0.2, 0.25) is 0 Å². The van der Waals surface area contributed by atoms with Gasteiger partial charge in [-0.05, 0) is 32.9 Å². The van der Waals surface area contributed by atoms with Crippen LogP contribution >= 0.6 is 0 Å². The van der Waals surface area contributed by atoms with Crippen molar-refractivity contribution >= 4 is 5.69 Å². The highest BCUT2D eigenvalue weighted by atomic mass is 16.5. The third-order valence-electron chi connectivity index (χ3n) is 2.69. The summed E-state index contributed by atoms with van der Waals surface area (Å²) in [4.78, 5) is 2.30. The van der Waals surface area contributed by atoms with Crippen LogP contribution in [0.4, 0.5) is 5.69 Å². The normalized spacial score (nSPS) is 26.9. The second kappa shape index (κ2) is 3.62. The number of ether oxygens (including phenoxy) is 1. The molecule has 0 aromatic heterocycles. The molecule has 76 valence electrons. The van der Waals surface area contributed by atoms with Crippen LogP contribution in [0.1, 0.15) is 19.4 Å². The quantitative estimate of drug-likeness (QED) is 0.676. The fourth-order valence-electron chi connectivity index (χ4n) is 1.93. The molecule has 1 heterocycles. The summed E-state index contributed by atoms with van der Waals surface area (Å²) in [6, 6.07) is 8.61. The number of rotatable bonds is 1. The van der Waals surface area contributed by atoms with E-state index in [-0.39, 0.29) is 6.23 Å². The van der Waals surface area contributed by atoms with Crippen molar-refractivity contribution in [2.24, 2.45) is 0 Å². The molecule has 0 saturated carbocycles. The monoisotopic (exact) mass is 191 g/mol. The predicted molar refractivity (Wildman–Crippen MR) is 58.5 cm³/mol. The fraction of sp³-hybridized carbons (Fsp3) is 0.500. The molecule has 2 rings (SSSR count). The SMILES string of the molecule is Cc1ccc(N2C[C@@H](C)O[C@@H]2C)cc1. The van der Waals surface area contributed by atoms with Gasteiger partial charge in [0.15, 0.2) is 0 Å². The van der Waals surface area contributed by atoms with Crippen molar-refractivity contribution in [2.75, 3.05) is 11.4 Å². The van der Waals surface area contributed by atoms with E-state index < -0.39 is 0 Å². The number of hydrogen-bond acceptors (Lipinski definition) is 2. The molecule has 1 aromatic carbocycles. The number of nitrogens with zero attached hydrogens (tertiary/aromatic N) is 1. The molecule has 1 aliphatic rings. The molecule has 2 nitrogen and oxygen atoms in total. The van der Waals surface area contributed by atoms with Gasteiger partial charge in [0.1, 0.15) is 6.23 Å². The molecule has 0 aliphatic carbocycles. The topological polar surface area (TPSA) is 12.5 Å². The van der Waals surface area contributed by atoms with E-state index in [1.807, 2.05) is 0 Å². The van der Waals surface area contributed by atoms with E-state index in [0.29, 0.717) is 6.10 Å². The first-order chi connectivity index (χ1) is 6.66. The van der Waals surface area contributed by atoms with E-state index >= 15 is 0 Å². The Bertz CT molecular complexity index is 307. The zero-order valence-corrected chi connectivity index (χ0v) is 9.03. The minimum Gasteiger partial charge on any atom is -0.354 e. The Morgan fingerprint density at radius 2 is 1.86 bits per heavy atom. The average Bonchev–Trinajstić information content (AvgIpc) is 2.47. The third kappa shape index (κ3) is 1.75. The molecular weight excluding hydrogens is 174 g/mol. The fourth-order valence-corrected chi connectivity index (χ4v) is 1.93. The summed E-state index contributed by atoms with van der Waals surface area (Å²) in [6.45, 7) is 7.31. The molecule has 1 saturated heterocycles. The van der Waals surface area contributed by atoms with Crippen molar-refractivity contribution in [3.8, 4) is 0 Å². The Labute approximate surface area is 85.5 Å². The lowest BCUT2D eigenvalue weighted by Gasteiger charge is -2.21. The standard InChI is InChI=1S/C12H17NO/c1-9-4-6-12(7-5-9)13-8-10(2)14-11(13)3/h4-7,10-11H,8H2,1-3H3/t10-,11-/m1/s1.